The van der Waals surface area contributed by atoms with Crippen molar-refractivity contribution in [2.24, 2.45) is 0 Å². The van der Waals surface area contributed by atoms with Crippen LogP contribution >= 0.6 is 15.9 Å². The van der Waals surface area contributed by atoms with E-state index in [1.165, 1.54) is 12.3 Å². The maximum Gasteiger partial charge on any atom is 0.410 e. The number of nitrogens with one attached hydrogen (secondary N) is 1. The van der Waals surface area contributed by atoms with E-state index in [2.05, 4.69) is 26.2 Å². The standard InChI is InChI=1S/C15H21BrN4O4/c1-15(2,3)24-14(21)19-6-4-11(5-7-19)18-13-12(20(22)23)8-10(16)9-17-13/h8-9,11H,4-7H2,1-3H3,(H,17,18). The highest BCUT2D eigenvalue weighted by molar-refractivity contribution is 9.10. The first kappa shape index (κ1) is 18.4. The number of carbonyl (C=O) groups is 1. The van der Waals surface area contributed by atoms with Crippen LogP contribution in [0, 0.1) is 10.1 Å². The molecular formula is C15H21BrN4O4. The molecule has 0 bridgehead atoms. The molecule has 0 radical (unpaired) electrons. The lowest BCUT2D eigenvalue weighted by atomic mass is 10.1. The molecule has 2 heterocycles. The highest BCUT2D eigenvalue weighted by Crippen LogP contribution is 2.27. The Morgan fingerprint density at radius 3 is 2.62 bits per heavy atom. The monoisotopic (exact) mass is 400 g/mol. The largest absolute Gasteiger partial charge is 0.444 e. The molecule has 1 N–H and O–H groups in total. The summed E-state index contributed by atoms with van der Waals surface area (Å²) in [6.07, 6.45) is 2.54. The van der Waals surface area contributed by atoms with Crippen LogP contribution in [0.15, 0.2) is 16.7 Å². The average Bonchev–Trinajstić information content (AvgIpc) is 2.48. The summed E-state index contributed by atoms with van der Waals surface area (Å²) in [6, 6.07) is 1.45. The van der Waals surface area contributed by atoms with Gasteiger partial charge in [-0.2, -0.15) is 0 Å². The highest BCUT2D eigenvalue weighted by atomic mass is 79.9. The van der Waals surface area contributed by atoms with Gasteiger partial charge < -0.3 is 15.0 Å². The minimum atomic E-state index is -0.520. The number of nitrogens with zero attached hydrogens (tertiary/aromatic N) is 3. The van der Waals surface area contributed by atoms with Crippen LogP contribution in [0.4, 0.5) is 16.3 Å². The molecule has 1 aliphatic heterocycles. The number of aromatic nitrogens is 1. The quantitative estimate of drug-likeness (QED) is 0.614. The van der Waals surface area contributed by atoms with E-state index < -0.39 is 10.5 Å². The summed E-state index contributed by atoms with van der Waals surface area (Å²) < 4.78 is 5.91. The first-order valence-corrected chi connectivity index (χ1v) is 8.49. The summed E-state index contributed by atoms with van der Waals surface area (Å²) in [5.74, 6) is 0.249. The van der Waals surface area contributed by atoms with Gasteiger partial charge in [0.15, 0.2) is 0 Å². The predicted molar refractivity (Wildman–Crippen MR) is 93.0 cm³/mol. The first-order chi connectivity index (χ1) is 11.2. The number of likely N-dealkylation sites (tertiary alicyclic amines) is 1. The van der Waals surface area contributed by atoms with E-state index in [0.29, 0.717) is 30.4 Å². The fourth-order valence-electron chi connectivity index (χ4n) is 2.41. The number of carbonyl (C=O) groups excluding carboxylic acids is 1. The zero-order valence-electron chi connectivity index (χ0n) is 13.9. The molecule has 132 valence electrons. The molecule has 9 heteroatoms. The van der Waals surface area contributed by atoms with Gasteiger partial charge in [0.25, 0.3) is 0 Å². The van der Waals surface area contributed by atoms with Gasteiger partial charge in [-0.05, 0) is 49.5 Å². The number of piperidine rings is 1. The number of amides is 1. The van der Waals surface area contributed by atoms with E-state index in [1.54, 1.807) is 4.90 Å². The summed E-state index contributed by atoms with van der Waals surface area (Å²) in [5.41, 5.74) is -0.590. The minimum absolute atomic E-state index is 0.0241. The zero-order valence-corrected chi connectivity index (χ0v) is 15.5. The summed E-state index contributed by atoms with van der Waals surface area (Å²) in [7, 11) is 0. The Hall–Kier alpha value is -1.90. The Bertz CT molecular complexity index is 624. The molecule has 0 atom stereocenters. The number of nitro groups is 1. The highest BCUT2D eigenvalue weighted by Gasteiger charge is 2.28. The number of halogens is 1. The van der Waals surface area contributed by atoms with Gasteiger partial charge in [-0.3, -0.25) is 10.1 Å². The third kappa shape index (κ3) is 5.05. The lowest BCUT2D eigenvalue weighted by molar-refractivity contribution is -0.384. The number of hydrogen-bond acceptors (Lipinski definition) is 6. The molecule has 1 aliphatic rings. The Balaban J connectivity index is 1.94. The van der Waals surface area contributed by atoms with Crippen molar-refractivity contribution < 1.29 is 14.5 Å². The summed E-state index contributed by atoms with van der Waals surface area (Å²) >= 11 is 3.18. The van der Waals surface area contributed by atoms with E-state index in [0.717, 1.165) is 0 Å². The van der Waals surface area contributed by atoms with Crippen molar-refractivity contribution in [1.29, 1.82) is 0 Å². The average molecular weight is 401 g/mol. The molecule has 1 fully saturated rings. The molecule has 0 aliphatic carbocycles. The van der Waals surface area contributed by atoms with Crippen LogP contribution in [-0.2, 0) is 4.74 Å². The number of anilines is 1. The first-order valence-electron chi connectivity index (χ1n) is 7.70. The topological polar surface area (TPSA) is 97.6 Å². The van der Waals surface area contributed by atoms with Crippen LogP contribution in [0.1, 0.15) is 33.6 Å². The Morgan fingerprint density at radius 1 is 1.46 bits per heavy atom. The molecule has 0 unspecified atom stereocenters. The predicted octanol–water partition coefficient (Wildman–Crippen LogP) is 3.56. The SMILES string of the molecule is CC(C)(C)OC(=O)N1CCC(Nc2ncc(Br)cc2[N+](=O)[O-])CC1. The summed E-state index contributed by atoms with van der Waals surface area (Å²) in [6.45, 7) is 6.57. The molecule has 8 nitrogen and oxygen atoms in total. The molecule has 0 saturated carbocycles. The van der Waals surface area contributed by atoms with Crippen LogP contribution in [0.5, 0.6) is 0 Å². The molecule has 1 aromatic heterocycles. The third-order valence-corrected chi connectivity index (χ3v) is 3.95. The van der Waals surface area contributed by atoms with Crippen molar-refractivity contribution in [3.8, 4) is 0 Å². The van der Waals surface area contributed by atoms with Crippen molar-refractivity contribution in [2.75, 3.05) is 18.4 Å². The Labute approximate surface area is 148 Å². The van der Waals surface area contributed by atoms with Gasteiger partial charge in [0.1, 0.15) is 5.60 Å². The number of pyridine rings is 1. The fraction of sp³-hybridized carbons (Fsp3) is 0.600. The van der Waals surface area contributed by atoms with Crippen LogP contribution in [0.25, 0.3) is 0 Å². The maximum atomic E-state index is 12.0. The van der Waals surface area contributed by atoms with Gasteiger partial charge in [0.05, 0.1) is 4.92 Å². The number of hydrogen-bond donors (Lipinski definition) is 1. The van der Waals surface area contributed by atoms with Crippen molar-refractivity contribution in [1.82, 2.24) is 9.88 Å². The Morgan fingerprint density at radius 2 is 2.08 bits per heavy atom. The van der Waals surface area contributed by atoms with Crippen LogP contribution < -0.4 is 5.32 Å². The molecule has 1 amide bonds. The zero-order chi connectivity index (χ0) is 17.9. The molecular weight excluding hydrogens is 380 g/mol. The van der Waals surface area contributed by atoms with E-state index in [1.807, 2.05) is 20.8 Å². The van der Waals surface area contributed by atoms with Gasteiger partial charge in [-0.25, -0.2) is 9.78 Å². The normalized spacial score (nSPS) is 15.9. The second kappa shape index (κ2) is 7.33. The minimum Gasteiger partial charge on any atom is -0.444 e. The smallest absolute Gasteiger partial charge is 0.410 e. The Kier molecular flexibility index (Phi) is 5.63. The lowest BCUT2D eigenvalue weighted by Gasteiger charge is -2.33. The van der Waals surface area contributed by atoms with Gasteiger partial charge in [0.2, 0.25) is 5.82 Å². The van der Waals surface area contributed by atoms with E-state index >= 15 is 0 Å². The van der Waals surface area contributed by atoms with Crippen LogP contribution in [-0.4, -0.2) is 45.6 Å². The van der Waals surface area contributed by atoms with E-state index in [4.69, 9.17) is 4.74 Å². The van der Waals surface area contributed by atoms with Gasteiger partial charge in [0, 0.05) is 35.9 Å². The van der Waals surface area contributed by atoms with Crippen molar-refractivity contribution in [2.45, 2.75) is 45.3 Å². The van der Waals surface area contributed by atoms with Gasteiger partial charge in [-0.1, -0.05) is 0 Å². The second-order valence-corrected chi connectivity index (χ2v) is 7.58. The number of rotatable bonds is 3. The molecule has 2 rings (SSSR count). The maximum absolute atomic E-state index is 12.0. The van der Waals surface area contributed by atoms with Crippen LogP contribution in [0.3, 0.4) is 0 Å². The molecule has 1 saturated heterocycles. The molecule has 0 spiro atoms. The second-order valence-electron chi connectivity index (χ2n) is 6.66. The van der Waals surface area contributed by atoms with Crippen molar-refractivity contribution in [3.63, 3.8) is 0 Å². The fourth-order valence-corrected chi connectivity index (χ4v) is 2.72. The van der Waals surface area contributed by atoms with E-state index in [9.17, 15) is 14.9 Å². The summed E-state index contributed by atoms with van der Waals surface area (Å²) in [4.78, 5) is 28.4. The third-order valence-electron chi connectivity index (χ3n) is 3.52. The van der Waals surface area contributed by atoms with Gasteiger partial charge in [-0.15, -0.1) is 0 Å². The van der Waals surface area contributed by atoms with E-state index in [-0.39, 0.29) is 23.6 Å². The molecule has 1 aromatic rings. The van der Waals surface area contributed by atoms with Crippen molar-refractivity contribution in [3.05, 3.63) is 26.9 Å². The number of ether oxygens (including phenoxy) is 1. The van der Waals surface area contributed by atoms with Crippen molar-refractivity contribution >= 4 is 33.5 Å². The molecule has 0 aromatic carbocycles. The lowest BCUT2D eigenvalue weighted by Crippen LogP contribution is -2.44. The van der Waals surface area contributed by atoms with Gasteiger partial charge >= 0.3 is 11.8 Å². The molecule has 24 heavy (non-hydrogen) atoms. The summed E-state index contributed by atoms with van der Waals surface area (Å²) in [5, 5.41) is 14.2. The van der Waals surface area contributed by atoms with Crippen LogP contribution in [0.2, 0.25) is 0 Å².